The molecule has 0 saturated heterocycles. The summed E-state index contributed by atoms with van der Waals surface area (Å²) in [7, 11) is 0. The Morgan fingerprint density at radius 1 is 1.40 bits per heavy atom. The van der Waals surface area contributed by atoms with Crippen molar-refractivity contribution in [3.05, 3.63) is 34.9 Å². The van der Waals surface area contributed by atoms with Crippen LogP contribution in [0.2, 0.25) is 0 Å². The summed E-state index contributed by atoms with van der Waals surface area (Å²) in [6.45, 7) is 3.61. The van der Waals surface area contributed by atoms with Gasteiger partial charge in [-0.3, -0.25) is 5.84 Å². The summed E-state index contributed by atoms with van der Waals surface area (Å²) in [6, 6.07) is 3.76. The minimum Gasteiger partial charge on any atom is -0.271 e. The summed E-state index contributed by atoms with van der Waals surface area (Å²) in [5.74, 6) is 5.10. The molecule has 84 valence electrons. The van der Waals surface area contributed by atoms with Crippen LogP contribution in [0.25, 0.3) is 0 Å². The lowest BCUT2D eigenvalue weighted by atomic mass is 9.98. The number of hydrogen-bond acceptors (Lipinski definition) is 2. The predicted molar refractivity (Wildman–Crippen MR) is 56.8 cm³/mol. The van der Waals surface area contributed by atoms with Gasteiger partial charge in [-0.25, -0.2) is 5.43 Å². The molecule has 0 bridgehead atoms. The van der Waals surface area contributed by atoms with Crippen LogP contribution in [0.5, 0.6) is 0 Å². The SMILES string of the molecule is Cc1cccc(C(NN)C(F)(F)Cl)c1C. The molecule has 0 spiro atoms. The summed E-state index contributed by atoms with van der Waals surface area (Å²) in [4.78, 5) is 0. The van der Waals surface area contributed by atoms with E-state index in [-0.39, 0.29) is 0 Å². The van der Waals surface area contributed by atoms with Crippen LogP contribution in [0.3, 0.4) is 0 Å². The maximum Gasteiger partial charge on any atom is 0.342 e. The third-order valence-corrected chi connectivity index (χ3v) is 2.67. The first-order valence-electron chi connectivity index (χ1n) is 4.47. The quantitative estimate of drug-likeness (QED) is 0.479. The second kappa shape index (κ2) is 4.43. The van der Waals surface area contributed by atoms with Crippen molar-refractivity contribution in [3.63, 3.8) is 0 Å². The zero-order valence-corrected chi connectivity index (χ0v) is 9.28. The lowest BCUT2D eigenvalue weighted by molar-refractivity contribution is 0.0495. The van der Waals surface area contributed by atoms with E-state index in [4.69, 9.17) is 17.4 Å². The van der Waals surface area contributed by atoms with Crippen molar-refractivity contribution in [2.75, 3.05) is 0 Å². The number of hydrazine groups is 1. The number of nitrogens with one attached hydrogen (secondary N) is 1. The van der Waals surface area contributed by atoms with Crippen LogP contribution in [-0.4, -0.2) is 5.38 Å². The van der Waals surface area contributed by atoms with Gasteiger partial charge in [-0.2, -0.15) is 8.78 Å². The van der Waals surface area contributed by atoms with Crippen LogP contribution in [0.4, 0.5) is 8.78 Å². The van der Waals surface area contributed by atoms with E-state index in [0.717, 1.165) is 11.1 Å². The average Bonchev–Trinajstić information content (AvgIpc) is 2.11. The molecule has 5 heteroatoms. The molecule has 1 rings (SSSR count). The van der Waals surface area contributed by atoms with Gasteiger partial charge in [0.1, 0.15) is 6.04 Å². The fourth-order valence-corrected chi connectivity index (χ4v) is 1.63. The number of alkyl halides is 3. The molecule has 1 aromatic carbocycles. The Morgan fingerprint density at radius 3 is 2.47 bits per heavy atom. The largest absolute Gasteiger partial charge is 0.342 e. The molecule has 1 unspecified atom stereocenters. The second-order valence-electron chi connectivity index (χ2n) is 3.43. The number of hydrogen-bond donors (Lipinski definition) is 2. The van der Waals surface area contributed by atoms with E-state index in [1.54, 1.807) is 19.1 Å². The zero-order valence-electron chi connectivity index (χ0n) is 8.52. The van der Waals surface area contributed by atoms with Crippen molar-refractivity contribution < 1.29 is 8.78 Å². The molecule has 15 heavy (non-hydrogen) atoms. The molecular weight excluding hydrogens is 222 g/mol. The average molecular weight is 235 g/mol. The van der Waals surface area contributed by atoms with E-state index in [1.165, 1.54) is 0 Å². The molecule has 0 fully saturated rings. The summed E-state index contributed by atoms with van der Waals surface area (Å²) in [6.07, 6.45) is 0. The lowest BCUT2D eigenvalue weighted by Crippen LogP contribution is -2.38. The van der Waals surface area contributed by atoms with E-state index < -0.39 is 11.4 Å². The first-order chi connectivity index (χ1) is 6.88. The maximum absolute atomic E-state index is 13.0. The Balaban J connectivity index is 3.19. The molecule has 0 aliphatic carbocycles. The predicted octanol–water partition coefficient (Wildman–Crippen LogP) is 2.64. The highest BCUT2D eigenvalue weighted by molar-refractivity contribution is 6.22. The number of benzene rings is 1. The second-order valence-corrected chi connectivity index (χ2v) is 3.93. The van der Waals surface area contributed by atoms with E-state index in [1.807, 2.05) is 18.4 Å². The summed E-state index contributed by atoms with van der Waals surface area (Å²) < 4.78 is 26.0. The minimum atomic E-state index is -3.41. The Hall–Kier alpha value is -0.710. The van der Waals surface area contributed by atoms with E-state index in [2.05, 4.69) is 0 Å². The maximum atomic E-state index is 13.0. The van der Waals surface area contributed by atoms with Crippen molar-refractivity contribution in [3.8, 4) is 0 Å². The third-order valence-electron chi connectivity index (χ3n) is 2.45. The lowest BCUT2D eigenvalue weighted by Gasteiger charge is -2.23. The minimum absolute atomic E-state index is 0.414. The summed E-state index contributed by atoms with van der Waals surface area (Å²) >= 11 is 4.98. The topological polar surface area (TPSA) is 38.0 Å². The standard InChI is InChI=1S/C10H13ClF2N2/c1-6-4-3-5-8(7(6)2)9(15-14)10(11,12)13/h3-5,9,15H,14H2,1-2H3. The highest BCUT2D eigenvalue weighted by Crippen LogP contribution is 2.36. The van der Waals surface area contributed by atoms with Crippen molar-refractivity contribution in [2.45, 2.75) is 25.3 Å². The Labute approximate surface area is 92.4 Å². The van der Waals surface area contributed by atoms with Gasteiger partial charge in [0, 0.05) is 0 Å². The van der Waals surface area contributed by atoms with Gasteiger partial charge < -0.3 is 0 Å². The van der Waals surface area contributed by atoms with Crippen molar-refractivity contribution in [2.24, 2.45) is 5.84 Å². The molecule has 1 atom stereocenters. The smallest absolute Gasteiger partial charge is 0.271 e. The molecular formula is C10H13ClF2N2. The van der Waals surface area contributed by atoms with Crippen LogP contribution in [0, 0.1) is 13.8 Å². The number of nitrogens with two attached hydrogens (primary N) is 1. The van der Waals surface area contributed by atoms with Gasteiger partial charge in [0.25, 0.3) is 0 Å². The van der Waals surface area contributed by atoms with Gasteiger partial charge in [-0.15, -0.1) is 0 Å². The number of halogens is 3. The fraction of sp³-hybridized carbons (Fsp3) is 0.400. The molecule has 0 radical (unpaired) electrons. The van der Waals surface area contributed by atoms with Gasteiger partial charge in [-0.1, -0.05) is 18.2 Å². The molecule has 0 amide bonds. The van der Waals surface area contributed by atoms with Gasteiger partial charge in [0.2, 0.25) is 0 Å². The molecule has 0 heterocycles. The van der Waals surface area contributed by atoms with Gasteiger partial charge >= 0.3 is 5.38 Å². The Bertz CT molecular complexity index is 350. The fourth-order valence-electron chi connectivity index (χ4n) is 1.45. The zero-order chi connectivity index (χ0) is 11.6. The van der Waals surface area contributed by atoms with Crippen LogP contribution in [-0.2, 0) is 0 Å². The Morgan fingerprint density at radius 2 is 2.00 bits per heavy atom. The number of aryl methyl sites for hydroxylation is 1. The summed E-state index contributed by atoms with van der Waals surface area (Å²) in [5, 5.41) is -3.41. The van der Waals surface area contributed by atoms with E-state index in [9.17, 15) is 8.78 Å². The van der Waals surface area contributed by atoms with Gasteiger partial charge in [-0.05, 0) is 42.1 Å². The first-order valence-corrected chi connectivity index (χ1v) is 4.84. The van der Waals surface area contributed by atoms with Gasteiger partial charge in [0.15, 0.2) is 0 Å². The van der Waals surface area contributed by atoms with Crippen molar-refractivity contribution in [1.82, 2.24) is 5.43 Å². The van der Waals surface area contributed by atoms with Crippen molar-refractivity contribution >= 4 is 11.6 Å². The highest BCUT2D eigenvalue weighted by Gasteiger charge is 2.38. The van der Waals surface area contributed by atoms with Crippen LogP contribution in [0.1, 0.15) is 22.7 Å². The first kappa shape index (κ1) is 12.4. The number of rotatable bonds is 3. The molecule has 0 saturated carbocycles. The van der Waals surface area contributed by atoms with Crippen molar-refractivity contribution in [1.29, 1.82) is 0 Å². The Kier molecular flexibility index (Phi) is 3.65. The normalized spacial score (nSPS) is 14.0. The highest BCUT2D eigenvalue weighted by atomic mass is 35.5. The summed E-state index contributed by atoms with van der Waals surface area (Å²) in [5.41, 5.74) is 4.15. The van der Waals surface area contributed by atoms with E-state index in [0.29, 0.717) is 5.56 Å². The van der Waals surface area contributed by atoms with Crippen LogP contribution < -0.4 is 11.3 Å². The van der Waals surface area contributed by atoms with E-state index >= 15 is 0 Å². The third kappa shape index (κ3) is 2.65. The molecule has 1 aromatic rings. The molecule has 0 aromatic heterocycles. The molecule has 3 N–H and O–H groups in total. The van der Waals surface area contributed by atoms with Gasteiger partial charge in [0.05, 0.1) is 0 Å². The van der Waals surface area contributed by atoms with Crippen LogP contribution >= 0.6 is 11.6 Å². The molecule has 2 nitrogen and oxygen atoms in total. The van der Waals surface area contributed by atoms with Crippen LogP contribution in [0.15, 0.2) is 18.2 Å². The monoisotopic (exact) mass is 234 g/mol. The molecule has 0 aliphatic heterocycles. The molecule has 0 aliphatic rings.